The molecule has 0 spiro atoms. The lowest BCUT2D eigenvalue weighted by molar-refractivity contribution is 0.0711. The fraction of sp³-hybridized carbons (Fsp3) is 0.417. The van der Waals surface area contributed by atoms with E-state index >= 15 is 0 Å². The summed E-state index contributed by atoms with van der Waals surface area (Å²) in [5.74, 6) is 1.23. The van der Waals surface area contributed by atoms with E-state index in [-0.39, 0.29) is 11.8 Å². The number of likely N-dealkylation sites (tertiary alicyclic amines) is 2. The van der Waals surface area contributed by atoms with Crippen molar-refractivity contribution in [3.63, 3.8) is 0 Å². The molecule has 2 aliphatic rings. The van der Waals surface area contributed by atoms with Gasteiger partial charge in [-0.2, -0.15) is 5.10 Å². The third-order valence-electron chi connectivity index (χ3n) is 6.49. The Balaban J connectivity index is 1.23. The van der Waals surface area contributed by atoms with Crippen LogP contribution < -0.4 is 4.74 Å². The number of hydrogen-bond donors (Lipinski definition) is 0. The van der Waals surface area contributed by atoms with Crippen LogP contribution in [-0.4, -0.2) is 68.7 Å². The number of carbonyl (C=O) groups is 1. The maximum absolute atomic E-state index is 13.1. The van der Waals surface area contributed by atoms with Gasteiger partial charge in [-0.3, -0.25) is 14.5 Å². The average Bonchev–Trinajstić information content (AvgIpc) is 3.50. The largest absolute Gasteiger partial charge is 0.436 e. The quantitative estimate of drug-likeness (QED) is 0.565. The molecule has 1 atom stereocenters. The molecule has 9 heteroatoms. The maximum atomic E-state index is 13.1. The van der Waals surface area contributed by atoms with E-state index in [1.165, 1.54) is 0 Å². The molecule has 2 saturated heterocycles. The first-order valence-corrected chi connectivity index (χ1v) is 11.7. The van der Waals surface area contributed by atoms with Crippen LogP contribution in [0.25, 0.3) is 0 Å². The van der Waals surface area contributed by atoms with Crippen LogP contribution >= 0.6 is 11.6 Å². The number of likely N-dealkylation sites (N-methyl/N-ethyl adjacent to an activating group) is 1. The van der Waals surface area contributed by atoms with Gasteiger partial charge in [0.05, 0.1) is 22.8 Å². The average molecular weight is 467 g/mol. The third-order valence-corrected chi connectivity index (χ3v) is 6.80. The molecule has 1 unspecified atom stereocenters. The Morgan fingerprint density at radius 1 is 1.09 bits per heavy atom. The number of carbonyl (C=O) groups excluding carboxylic acids is 1. The Kier molecular flexibility index (Phi) is 6.28. The van der Waals surface area contributed by atoms with Crippen molar-refractivity contribution in [3.05, 3.63) is 65.3 Å². The van der Waals surface area contributed by atoms with Gasteiger partial charge in [-0.25, -0.2) is 4.98 Å². The molecule has 172 valence electrons. The minimum absolute atomic E-state index is 0.0396. The van der Waals surface area contributed by atoms with Crippen molar-refractivity contribution >= 4 is 17.5 Å². The summed E-state index contributed by atoms with van der Waals surface area (Å²) in [6.07, 6.45) is 9.56. The summed E-state index contributed by atoms with van der Waals surface area (Å²) in [6, 6.07) is 7.66. The highest BCUT2D eigenvalue weighted by atomic mass is 35.5. The molecule has 1 aromatic carbocycles. The number of benzene rings is 1. The fourth-order valence-corrected chi connectivity index (χ4v) is 4.82. The highest BCUT2D eigenvalue weighted by Gasteiger charge is 2.29. The Hall–Kier alpha value is -2.97. The maximum Gasteiger partial charge on any atom is 0.257 e. The summed E-state index contributed by atoms with van der Waals surface area (Å²) in [5.41, 5.74) is 1.47. The standard InChI is InChI=1S/C24H27ClN6O2/c1-29-11-8-19(16-29)31-15-18(14-28-31)24(32)30-12-6-17(7-13-30)22-23(27-10-9-26-22)33-21-5-3-2-4-20(21)25/h2-5,9-10,14-15,17,19H,6-8,11-13,16H2,1H3. The first-order valence-electron chi connectivity index (χ1n) is 11.3. The van der Waals surface area contributed by atoms with Crippen molar-refractivity contribution in [2.45, 2.75) is 31.2 Å². The smallest absolute Gasteiger partial charge is 0.257 e. The molecular weight excluding hydrogens is 440 g/mol. The Morgan fingerprint density at radius 2 is 1.88 bits per heavy atom. The van der Waals surface area contributed by atoms with Crippen LogP contribution in [0, 0.1) is 0 Å². The summed E-state index contributed by atoms with van der Waals surface area (Å²) in [6.45, 7) is 3.34. The van der Waals surface area contributed by atoms with E-state index in [4.69, 9.17) is 16.3 Å². The molecule has 0 bridgehead atoms. The number of piperidine rings is 1. The van der Waals surface area contributed by atoms with Gasteiger partial charge >= 0.3 is 0 Å². The minimum Gasteiger partial charge on any atom is -0.436 e. The van der Waals surface area contributed by atoms with Gasteiger partial charge in [-0.1, -0.05) is 23.7 Å². The number of rotatable bonds is 5. The molecule has 0 N–H and O–H groups in total. The molecule has 0 aliphatic carbocycles. The predicted molar refractivity (Wildman–Crippen MR) is 125 cm³/mol. The minimum atomic E-state index is 0.0396. The monoisotopic (exact) mass is 466 g/mol. The SMILES string of the molecule is CN1CCC(n2cc(C(=O)N3CCC(c4nccnc4Oc4ccccc4Cl)CC3)cn2)C1. The molecule has 33 heavy (non-hydrogen) atoms. The van der Waals surface area contributed by atoms with Crippen molar-refractivity contribution < 1.29 is 9.53 Å². The summed E-state index contributed by atoms with van der Waals surface area (Å²) < 4.78 is 7.94. The normalized spacial score (nSPS) is 19.7. The van der Waals surface area contributed by atoms with Gasteiger partial charge in [0.25, 0.3) is 5.91 Å². The fourth-order valence-electron chi connectivity index (χ4n) is 4.64. The van der Waals surface area contributed by atoms with Gasteiger partial charge in [-0.05, 0) is 45.0 Å². The number of para-hydroxylation sites is 1. The second-order valence-electron chi connectivity index (χ2n) is 8.76. The molecule has 2 fully saturated rings. The highest BCUT2D eigenvalue weighted by molar-refractivity contribution is 6.32. The zero-order valence-electron chi connectivity index (χ0n) is 18.6. The van der Waals surface area contributed by atoms with Crippen molar-refractivity contribution in [3.8, 4) is 11.6 Å². The number of ether oxygens (including phenoxy) is 1. The Bertz CT molecular complexity index is 1130. The van der Waals surface area contributed by atoms with Gasteiger partial charge < -0.3 is 14.5 Å². The summed E-state index contributed by atoms with van der Waals surface area (Å²) in [7, 11) is 2.11. The van der Waals surface area contributed by atoms with Crippen molar-refractivity contribution in [1.82, 2.24) is 29.5 Å². The third kappa shape index (κ3) is 4.72. The summed E-state index contributed by atoms with van der Waals surface area (Å²) >= 11 is 6.25. The molecule has 2 aliphatic heterocycles. The summed E-state index contributed by atoms with van der Waals surface area (Å²) in [5, 5.41) is 4.99. The molecule has 1 amide bonds. The summed E-state index contributed by atoms with van der Waals surface area (Å²) in [4.78, 5) is 26.2. The number of amides is 1. The topological polar surface area (TPSA) is 76.4 Å². The van der Waals surface area contributed by atoms with Crippen LogP contribution in [0.2, 0.25) is 5.02 Å². The van der Waals surface area contributed by atoms with Crippen LogP contribution in [0.15, 0.2) is 49.1 Å². The van der Waals surface area contributed by atoms with Gasteiger partial charge in [0.1, 0.15) is 11.4 Å². The zero-order valence-corrected chi connectivity index (χ0v) is 19.4. The molecule has 4 heterocycles. The first-order chi connectivity index (χ1) is 16.1. The van der Waals surface area contributed by atoms with Gasteiger partial charge in [0.15, 0.2) is 0 Å². The van der Waals surface area contributed by atoms with E-state index in [0.717, 1.165) is 38.0 Å². The Morgan fingerprint density at radius 3 is 2.64 bits per heavy atom. The zero-order chi connectivity index (χ0) is 22.8. The van der Waals surface area contributed by atoms with Gasteiger partial charge in [0.2, 0.25) is 5.88 Å². The van der Waals surface area contributed by atoms with Crippen LogP contribution in [0.4, 0.5) is 0 Å². The van der Waals surface area contributed by atoms with Crippen LogP contribution in [0.1, 0.15) is 47.3 Å². The molecular formula is C24H27ClN6O2. The van der Waals surface area contributed by atoms with Crippen molar-refractivity contribution in [2.24, 2.45) is 0 Å². The van der Waals surface area contributed by atoms with Gasteiger partial charge in [-0.15, -0.1) is 0 Å². The first kappa shape index (κ1) is 21.9. The number of halogens is 1. The van der Waals surface area contributed by atoms with E-state index in [0.29, 0.717) is 41.3 Å². The van der Waals surface area contributed by atoms with Gasteiger partial charge in [0, 0.05) is 44.1 Å². The lowest BCUT2D eigenvalue weighted by atomic mass is 9.93. The molecule has 2 aromatic heterocycles. The Labute approximate surface area is 198 Å². The van der Waals surface area contributed by atoms with Crippen LogP contribution in [0.3, 0.4) is 0 Å². The van der Waals surface area contributed by atoms with E-state index < -0.39 is 0 Å². The second kappa shape index (κ2) is 9.49. The molecule has 0 saturated carbocycles. The highest BCUT2D eigenvalue weighted by Crippen LogP contribution is 2.35. The van der Waals surface area contributed by atoms with E-state index in [1.54, 1.807) is 24.7 Å². The van der Waals surface area contributed by atoms with Crippen LogP contribution in [0.5, 0.6) is 11.6 Å². The number of nitrogens with zero attached hydrogens (tertiary/aromatic N) is 6. The van der Waals surface area contributed by atoms with E-state index in [9.17, 15) is 4.79 Å². The number of hydrogen-bond acceptors (Lipinski definition) is 6. The molecule has 0 radical (unpaired) electrons. The molecule has 5 rings (SSSR count). The number of aromatic nitrogens is 4. The lowest BCUT2D eigenvalue weighted by Gasteiger charge is -2.31. The van der Waals surface area contributed by atoms with E-state index in [1.807, 2.05) is 34.0 Å². The van der Waals surface area contributed by atoms with E-state index in [2.05, 4.69) is 27.0 Å². The van der Waals surface area contributed by atoms with Crippen LogP contribution in [-0.2, 0) is 0 Å². The predicted octanol–water partition coefficient (Wildman–Crippen LogP) is 4.02. The molecule has 8 nitrogen and oxygen atoms in total. The second-order valence-corrected chi connectivity index (χ2v) is 9.17. The lowest BCUT2D eigenvalue weighted by Crippen LogP contribution is -2.38. The van der Waals surface area contributed by atoms with Crippen molar-refractivity contribution in [1.29, 1.82) is 0 Å². The molecule has 3 aromatic rings. The van der Waals surface area contributed by atoms with Crippen molar-refractivity contribution in [2.75, 3.05) is 33.2 Å².